The van der Waals surface area contributed by atoms with Crippen LogP contribution in [0, 0.1) is 0 Å². The third-order valence-corrected chi connectivity index (χ3v) is 6.21. The molecule has 6 heteroatoms. The molecule has 0 aromatic heterocycles. The molecule has 0 bridgehead atoms. The van der Waals surface area contributed by atoms with Gasteiger partial charge in [-0.25, -0.2) is 4.79 Å². The Bertz CT molecular complexity index is 242. The Morgan fingerprint density at radius 1 is 1.16 bits per heavy atom. The van der Waals surface area contributed by atoms with Crippen molar-refractivity contribution in [3.8, 4) is 0 Å². The van der Waals surface area contributed by atoms with E-state index in [9.17, 15) is 4.79 Å². The summed E-state index contributed by atoms with van der Waals surface area (Å²) in [6.45, 7) is 8.53. The summed E-state index contributed by atoms with van der Waals surface area (Å²) in [5, 5.41) is 2.97. The second-order valence-corrected chi connectivity index (χ2v) is 8.45. The van der Waals surface area contributed by atoms with Gasteiger partial charge in [-0.15, -0.1) is 0 Å². The number of hydrogen-bond donors (Lipinski definition) is 1. The van der Waals surface area contributed by atoms with Crippen LogP contribution in [-0.4, -0.2) is 53.3 Å². The normalized spacial score (nSPS) is 11.4. The van der Waals surface area contributed by atoms with Crippen molar-refractivity contribution in [3.05, 3.63) is 0 Å². The van der Waals surface area contributed by atoms with E-state index < -0.39 is 8.56 Å². The van der Waals surface area contributed by atoms with Crippen molar-refractivity contribution in [2.45, 2.75) is 45.7 Å². The minimum Gasteiger partial charge on any atom is -0.398 e. The summed E-state index contributed by atoms with van der Waals surface area (Å²) in [4.78, 5) is 13.8. The minimum atomic E-state index is -1.99. The second-order valence-electron chi connectivity index (χ2n) is 4.86. The standard InChI is InChI=1S/C13H30N2O3Si/c1-6-10-15(11-7-2)13(16)14-9-8-12-19(5,17-3)18-4/h6-12H2,1-5H3,(H,14,16). The van der Waals surface area contributed by atoms with Gasteiger partial charge in [0.15, 0.2) is 0 Å². The highest BCUT2D eigenvalue weighted by atomic mass is 28.4. The largest absolute Gasteiger partial charge is 0.398 e. The van der Waals surface area contributed by atoms with E-state index in [0.29, 0.717) is 6.54 Å². The zero-order valence-electron chi connectivity index (χ0n) is 13.1. The highest BCUT2D eigenvalue weighted by Gasteiger charge is 2.27. The molecule has 1 N–H and O–H groups in total. The smallest absolute Gasteiger partial charge is 0.334 e. The Hall–Kier alpha value is -0.593. The van der Waals surface area contributed by atoms with Crippen molar-refractivity contribution in [1.29, 1.82) is 0 Å². The molecule has 0 heterocycles. The third kappa shape index (κ3) is 7.54. The molecule has 0 rings (SSSR count). The van der Waals surface area contributed by atoms with Crippen LogP contribution >= 0.6 is 0 Å². The molecule has 0 fully saturated rings. The monoisotopic (exact) mass is 290 g/mol. The molecule has 0 spiro atoms. The number of rotatable bonds is 10. The molecular formula is C13H30N2O3Si. The third-order valence-electron chi connectivity index (χ3n) is 3.22. The summed E-state index contributed by atoms with van der Waals surface area (Å²) in [6, 6.07) is 0.934. The Morgan fingerprint density at radius 3 is 2.11 bits per heavy atom. The van der Waals surface area contributed by atoms with Crippen LogP contribution in [0.4, 0.5) is 4.79 Å². The molecule has 114 valence electrons. The lowest BCUT2D eigenvalue weighted by molar-refractivity contribution is 0.197. The lowest BCUT2D eigenvalue weighted by Crippen LogP contribution is -2.42. The molecule has 0 radical (unpaired) electrons. The first-order valence-electron chi connectivity index (χ1n) is 7.16. The number of carbonyl (C=O) groups excluding carboxylic acids is 1. The van der Waals surface area contributed by atoms with E-state index in [2.05, 4.69) is 19.2 Å². The van der Waals surface area contributed by atoms with E-state index in [4.69, 9.17) is 8.85 Å². The number of carbonyl (C=O) groups is 1. The highest BCUT2D eigenvalue weighted by molar-refractivity contribution is 6.65. The van der Waals surface area contributed by atoms with E-state index >= 15 is 0 Å². The number of nitrogens with one attached hydrogen (secondary N) is 1. The van der Waals surface area contributed by atoms with Crippen molar-refractivity contribution in [2.24, 2.45) is 0 Å². The van der Waals surface area contributed by atoms with Crippen molar-refractivity contribution >= 4 is 14.6 Å². The Morgan fingerprint density at radius 2 is 1.68 bits per heavy atom. The van der Waals surface area contributed by atoms with E-state index in [1.165, 1.54) is 0 Å². The average Bonchev–Trinajstić information content (AvgIpc) is 2.42. The molecule has 0 aliphatic carbocycles. The molecule has 0 saturated heterocycles. The van der Waals surface area contributed by atoms with E-state index in [0.717, 1.165) is 38.4 Å². The SMILES string of the molecule is CCCN(CCC)C(=O)NCCC[Si](C)(OC)OC. The van der Waals surface area contributed by atoms with Crippen LogP contribution < -0.4 is 5.32 Å². The van der Waals surface area contributed by atoms with Gasteiger partial charge in [-0.05, 0) is 31.9 Å². The number of nitrogens with zero attached hydrogens (tertiary/aromatic N) is 1. The van der Waals surface area contributed by atoms with E-state index in [1.54, 1.807) is 14.2 Å². The fraction of sp³-hybridized carbons (Fsp3) is 0.923. The first kappa shape index (κ1) is 18.4. The van der Waals surface area contributed by atoms with Crippen molar-refractivity contribution in [2.75, 3.05) is 33.9 Å². The fourth-order valence-electron chi connectivity index (χ4n) is 1.86. The van der Waals surface area contributed by atoms with Crippen molar-refractivity contribution in [1.82, 2.24) is 10.2 Å². The lowest BCUT2D eigenvalue weighted by Gasteiger charge is -2.24. The van der Waals surface area contributed by atoms with Gasteiger partial charge in [0.2, 0.25) is 0 Å². The molecule has 2 amide bonds. The minimum absolute atomic E-state index is 0.0434. The summed E-state index contributed by atoms with van der Waals surface area (Å²) in [5.74, 6) is 0. The second kappa shape index (κ2) is 10.2. The lowest BCUT2D eigenvalue weighted by atomic mass is 10.3. The molecule has 5 nitrogen and oxygen atoms in total. The van der Waals surface area contributed by atoms with Crippen LogP contribution in [0.15, 0.2) is 0 Å². The zero-order chi connectivity index (χ0) is 14.7. The molecule has 0 aromatic rings. The predicted octanol–water partition coefficient (Wildman–Crippen LogP) is 2.57. The Balaban J connectivity index is 3.95. The van der Waals surface area contributed by atoms with Gasteiger partial charge in [0.05, 0.1) is 0 Å². The van der Waals surface area contributed by atoms with Crippen LogP contribution in [0.25, 0.3) is 0 Å². The molecule has 19 heavy (non-hydrogen) atoms. The van der Waals surface area contributed by atoms with Crippen molar-refractivity contribution < 1.29 is 13.6 Å². The summed E-state index contributed by atoms with van der Waals surface area (Å²) in [7, 11) is 1.39. The van der Waals surface area contributed by atoms with Crippen LogP contribution in [-0.2, 0) is 8.85 Å². The topological polar surface area (TPSA) is 50.8 Å². The first-order valence-corrected chi connectivity index (χ1v) is 9.68. The van der Waals surface area contributed by atoms with Gasteiger partial charge in [0, 0.05) is 33.9 Å². The van der Waals surface area contributed by atoms with E-state index in [-0.39, 0.29) is 6.03 Å². The van der Waals surface area contributed by atoms with Crippen molar-refractivity contribution in [3.63, 3.8) is 0 Å². The molecule has 0 saturated carbocycles. The van der Waals surface area contributed by atoms with Crippen LogP contribution in [0.2, 0.25) is 12.6 Å². The predicted molar refractivity (Wildman–Crippen MR) is 80.6 cm³/mol. The maximum atomic E-state index is 12.0. The number of amides is 2. The number of hydrogen-bond acceptors (Lipinski definition) is 3. The molecule has 0 unspecified atom stereocenters. The van der Waals surface area contributed by atoms with Gasteiger partial charge in [0.25, 0.3) is 0 Å². The molecule has 0 aliphatic heterocycles. The first-order chi connectivity index (χ1) is 9.02. The van der Waals surface area contributed by atoms with Gasteiger partial charge in [-0.2, -0.15) is 0 Å². The molecule has 0 aliphatic rings. The summed E-state index contributed by atoms with van der Waals surface area (Å²) < 4.78 is 10.8. The zero-order valence-corrected chi connectivity index (χ0v) is 14.1. The van der Waals surface area contributed by atoms with Gasteiger partial charge in [-0.3, -0.25) is 0 Å². The quantitative estimate of drug-likeness (QED) is 0.497. The Kier molecular flexibility index (Phi) is 9.91. The van der Waals surface area contributed by atoms with Gasteiger partial charge < -0.3 is 19.1 Å². The Labute approximate surface area is 118 Å². The van der Waals surface area contributed by atoms with Crippen LogP contribution in [0.5, 0.6) is 0 Å². The maximum absolute atomic E-state index is 12.0. The average molecular weight is 290 g/mol. The number of urea groups is 1. The fourth-order valence-corrected chi connectivity index (χ4v) is 3.25. The molecule has 0 aromatic carbocycles. The maximum Gasteiger partial charge on any atom is 0.334 e. The van der Waals surface area contributed by atoms with Crippen LogP contribution in [0.1, 0.15) is 33.1 Å². The van der Waals surface area contributed by atoms with Gasteiger partial charge in [-0.1, -0.05) is 13.8 Å². The van der Waals surface area contributed by atoms with Gasteiger partial charge in [0.1, 0.15) is 0 Å². The van der Waals surface area contributed by atoms with E-state index in [1.807, 2.05) is 11.4 Å². The summed E-state index contributed by atoms with van der Waals surface area (Å²) >= 11 is 0. The summed E-state index contributed by atoms with van der Waals surface area (Å²) in [5.41, 5.74) is 0. The van der Waals surface area contributed by atoms with Crippen LogP contribution in [0.3, 0.4) is 0 Å². The molecular weight excluding hydrogens is 260 g/mol. The van der Waals surface area contributed by atoms with Gasteiger partial charge >= 0.3 is 14.6 Å². The highest BCUT2D eigenvalue weighted by Crippen LogP contribution is 2.12. The molecule has 0 atom stereocenters. The summed E-state index contributed by atoms with van der Waals surface area (Å²) in [6.07, 6.45) is 2.87.